The Morgan fingerprint density at radius 1 is 0.714 bits per heavy atom. The Bertz CT molecular complexity index is 875. The molecule has 0 saturated carbocycles. The van der Waals surface area contributed by atoms with Crippen molar-refractivity contribution in [2.24, 2.45) is 0 Å². The van der Waals surface area contributed by atoms with Crippen molar-refractivity contribution >= 4 is 6.08 Å². The zero-order chi connectivity index (χ0) is 16.5. The van der Waals surface area contributed by atoms with E-state index in [1.807, 2.05) is 0 Å². The molecule has 0 radical (unpaired) electrons. The van der Waals surface area contributed by atoms with E-state index in [9.17, 15) is 0 Å². The average Bonchev–Trinajstić information content (AvgIpc) is 2.99. The normalized spacial score (nSPS) is 13.5. The fraction of sp³-hybridized carbons (Fsp3) is 0.167. The SMILES string of the molecule is Cc1cccc(C(c2cccc(C)c2)C2[C-]=Cc3ccccc32)c1.[Cl-].[Cl-].[Cl-].[Ti+4]. The van der Waals surface area contributed by atoms with E-state index in [0.29, 0.717) is 5.92 Å². The van der Waals surface area contributed by atoms with Gasteiger partial charge in [-0.25, -0.2) is 6.08 Å². The van der Waals surface area contributed by atoms with Gasteiger partial charge in [0, 0.05) is 5.92 Å². The minimum Gasteiger partial charge on any atom is -1.00 e. The number of benzene rings is 3. The predicted molar refractivity (Wildman–Crippen MR) is 101 cm³/mol. The van der Waals surface area contributed by atoms with Crippen LogP contribution in [0.4, 0.5) is 0 Å². The number of hydrogen-bond donors (Lipinski definition) is 0. The van der Waals surface area contributed by atoms with E-state index in [1.165, 1.54) is 33.4 Å². The molecule has 3 aromatic carbocycles. The molecule has 0 amide bonds. The van der Waals surface area contributed by atoms with Gasteiger partial charge in [0.2, 0.25) is 0 Å². The first-order valence-corrected chi connectivity index (χ1v) is 8.54. The minimum atomic E-state index is 0. The van der Waals surface area contributed by atoms with Crippen LogP contribution in [0, 0.1) is 19.9 Å². The fourth-order valence-electron chi connectivity index (χ4n) is 3.78. The molecule has 0 nitrogen and oxygen atoms in total. The largest absolute Gasteiger partial charge is 4.00 e. The van der Waals surface area contributed by atoms with Crippen molar-refractivity contribution in [1.82, 2.24) is 0 Å². The maximum absolute atomic E-state index is 3.63. The molecule has 4 rings (SSSR count). The van der Waals surface area contributed by atoms with E-state index in [4.69, 9.17) is 0 Å². The number of rotatable bonds is 3. The Morgan fingerprint density at radius 3 is 1.79 bits per heavy atom. The van der Waals surface area contributed by atoms with Crippen LogP contribution in [0.15, 0.2) is 72.8 Å². The molecule has 1 aliphatic carbocycles. The molecule has 4 heteroatoms. The standard InChI is InChI=1S/C24H21.3ClH.Ti/c1-17-7-5-10-20(15-17)24(21-11-6-8-18(2)16-21)23-14-13-19-9-3-4-12-22(19)23;;;;/h3-13,15-16,23-24H,1-2H3;3*1H;/q-1;;;;+4/p-3. The Balaban J connectivity index is 0.00000182. The molecule has 1 unspecified atom stereocenters. The molecule has 0 bridgehead atoms. The number of fused-ring (bicyclic) bond motifs is 1. The Hall–Kier alpha value is -1.02. The molecular weight excluding hydrogens is 442 g/mol. The third-order valence-corrected chi connectivity index (χ3v) is 4.89. The number of aryl methyl sites for hydroxylation is 2. The topological polar surface area (TPSA) is 0 Å². The second kappa shape index (κ2) is 11.9. The molecule has 3 aromatic rings. The van der Waals surface area contributed by atoms with E-state index in [1.54, 1.807) is 0 Å². The van der Waals surface area contributed by atoms with Crippen molar-refractivity contribution < 1.29 is 58.9 Å². The fourth-order valence-corrected chi connectivity index (χ4v) is 3.78. The van der Waals surface area contributed by atoms with Crippen molar-refractivity contribution in [3.63, 3.8) is 0 Å². The summed E-state index contributed by atoms with van der Waals surface area (Å²) in [6.45, 7) is 4.33. The zero-order valence-electron chi connectivity index (χ0n) is 15.8. The summed E-state index contributed by atoms with van der Waals surface area (Å²) in [5.41, 5.74) is 8.02. The summed E-state index contributed by atoms with van der Waals surface area (Å²) >= 11 is 0. The van der Waals surface area contributed by atoms with E-state index in [0.717, 1.165) is 0 Å². The van der Waals surface area contributed by atoms with Gasteiger partial charge in [0.25, 0.3) is 0 Å². The molecule has 0 heterocycles. The van der Waals surface area contributed by atoms with Crippen LogP contribution in [0.1, 0.15) is 45.2 Å². The van der Waals surface area contributed by atoms with Crippen LogP contribution < -0.4 is 37.2 Å². The van der Waals surface area contributed by atoms with Crippen LogP contribution in [-0.2, 0) is 21.7 Å². The van der Waals surface area contributed by atoms with Crippen LogP contribution in [-0.4, -0.2) is 0 Å². The van der Waals surface area contributed by atoms with Crippen molar-refractivity contribution in [3.8, 4) is 0 Å². The summed E-state index contributed by atoms with van der Waals surface area (Å²) in [5.74, 6) is 0.564. The van der Waals surface area contributed by atoms with Crippen LogP contribution in [0.3, 0.4) is 0 Å². The van der Waals surface area contributed by atoms with Gasteiger partial charge in [-0.05, 0) is 25.0 Å². The van der Waals surface area contributed by atoms with Gasteiger partial charge in [0.1, 0.15) is 0 Å². The quantitative estimate of drug-likeness (QED) is 0.288. The molecule has 1 aliphatic rings. The van der Waals surface area contributed by atoms with E-state index < -0.39 is 0 Å². The summed E-state index contributed by atoms with van der Waals surface area (Å²) in [6, 6.07) is 26.5. The number of allylic oxidation sites excluding steroid dienone is 1. The van der Waals surface area contributed by atoms with Gasteiger partial charge < -0.3 is 37.2 Å². The van der Waals surface area contributed by atoms with Gasteiger partial charge >= 0.3 is 21.7 Å². The summed E-state index contributed by atoms with van der Waals surface area (Å²) in [6.07, 6.45) is 5.78. The van der Waals surface area contributed by atoms with E-state index in [2.05, 4.69) is 98.8 Å². The molecule has 0 aromatic heterocycles. The Morgan fingerprint density at radius 2 is 1.25 bits per heavy atom. The predicted octanol–water partition coefficient (Wildman–Crippen LogP) is -2.94. The van der Waals surface area contributed by atoms with E-state index >= 15 is 0 Å². The first-order valence-electron chi connectivity index (χ1n) is 8.54. The molecule has 142 valence electrons. The van der Waals surface area contributed by atoms with Gasteiger partial charge in [0.15, 0.2) is 0 Å². The smallest absolute Gasteiger partial charge is 1.00 e. The monoisotopic (exact) mass is 462 g/mol. The maximum atomic E-state index is 3.63. The van der Waals surface area contributed by atoms with Gasteiger partial charge in [0.05, 0.1) is 0 Å². The number of hydrogen-bond acceptors (Lipinski definition) is 0. The molecule has 0 saturated heterocycles. The zero-order valence-corrected chi connectivity index (χ0v) is 19.6. The van der Waals surface area contributed by atoms with Crippen LogP contribution >= 0.6 is 0 Å². The molecule has 0 spiro atoms. The third-order valence-electron chi connectivity index (χ3n) is 4.89. The van der Waals surface area contributed by atoms with Gasteiger partial charge in [-0.3, -0.25) is 6.08 Å². The third kappa shape index (κ3) is 5.53. The first-order chi connectivity index (χ1) is 11.7. The maximum Gasteiger partial charge on any atom is 4.00 e. The average molecular weight is 464 g/mol. The first kappa shape index (κ1) is 27.0. The van der Waals surface area contributed by atoms with Gasteiger partial charge in [-0.1, -0.05) is 83.8 Å². The van der Waals surface area contributed by atoms with E-state index in [-0.39, 0.29) is 64.9 Å². The van der Waals surface area contributed by atoms with Crippen molar-refractivity contribution in [2.45, 2.75) is 25.7 Å². The van der Waals surface area contributed by atoms with Gasteiger partial charge in [-0.15, -0.1) is 11.6 Å². The molecule has 0 N–H and O–H groups in total. The second-order valence-corrected chi connectivity index (χ2v) is 6.72. The summed E-state index contributed by atoms with van der Waals surface area (Å²) < 4.78 is 0. The van der Waals surface area contributed by atoms with Crippen LogP contribution in [0.25, 0.3) is 6.08 Å². The van der Waals surface area contributed by atoms with Crippen LogP contribution in [0.2, 0.25) is 0 Å². The van der Waals surface area contributed by atoms with Gasteiger partial charge in [-0.2, -0.15) is 5.56 Å². The molecule has 0 aliphatic heterocycles. The second-order valence-electron chi connectivity index (χ2n) is 6.72. The summed E-state index contributed by atoms with van der Waals surface area (Å²) in [4.78, 5) is 0. The Labute approximate surface area is 202 Å². The van der Waals surface area contributed by atoms with Crippen LogP contribution in [0.5, 0.6) is 0 Å². The Kier molecular flexibility index (Phi) is 11.4. The number of halogens is 3. The molecule has 28 heavy (non-hydrogen) atoms. The molecular formula is C24H21Cl3Ti. The summed E-state index contributed by atoms with van der Waals surface area (Å²) in [5, 5.41) is 0. The molecule has 1 atom stereocenters. The summed E-state index contributed by atoms with van der Waals surface area (Å²) in [7, 11) is 0. The minimum absolute atomic E-state index is 0. The van der Waals surface area contributed by atoms with Crippen molar-refractivity contribution in [3.05, 3.63) is 112 Å². The van der Waals surface area contributed by atoms with Crippen molar-refractivity contribution in [1.29, 1.82) is 0 Å². The van der Waals surface area contributed by atoms with Crippen molar-refractivity contribution in [2.75, 3.05) is 0 Å². The molecule has 0 fully saturated rings.